The summed E-state index contributed by atoms with van der Waals surface area (Å²) < 4.78 is 13.1. The van der Waals surface area contributed by atoms with Crippen LogP contribution in [0.4, 0.5) is 10.1 Å². The van der Waals surface area contributed by atoms with Crippen LogP contribution in [0, 0.1) is 11.7 Å². The number of fused-ring (bicyclic) bond motifs is 1. The second-order valence-electron chi connectivity index (χ2n) is 9.02. The van der Waals surface area contributed by atoms with Gasteiger partial charge in [-0.05, 0) is 89.1 Å². The number of Topliss-reactive ketones (excluding diaryl/α,β-unsaturated/α-hetero) is 1. The maximum atomic E-state index is 13.1. The molecule has 2 aliphatic rings. The minimum absolute atomic E-state index is 0.0184. The number of ketones is 1. The van der Waals surface area contributed by atoms with Crippen LogP contribution in [-0.4, -0.2) is 48.4 Å². The first kappa shape index (κ1) is 21.5. The third-order valence-electron chi connectivity index (χ3n) is 6.48. The molecule has 0 aliphatic carbocycles. The molecule has 2 aliphatic heterocycles. The van der Waals surface area contributed by atoms with Crippen molar-refractivity contribution in [3.63, 3.8) is 0 Å². The second kappa shape index (κ2) is 8.79. The predicted molar refractivity (Wildman–Crippen MR) is 120 cm³/mol. The van der Waals surface area contributed by atoms with Crippen molar-refractivity contribution < 1.29 is 14.0 Å². The van der Waals surface area contributed by atoms with Crippen LogP contribution in [-0.2, 0) is 0 Å². The molecule has 2 heterocycles. The van der Waals surface area contributed by atoms with Gasteiger partial charge in [0.1, 0.15) is 11.5 Å². The van der Waals surface area contributed by atoms with E-state index in [0.29, 0.717) is 5.56 Å². The Morgan fingerprint density at radius 3 is 2.45 bits per heavy atom. The number of carbonyl (C=O) groups is 2. The number of anilines is 1. The molecule has 0 unspecified atom stereocenters. The fraction of sp³-hybridized carbons (Fsp3) is 0.440. The van der Waals surface area contributed by atoms with E-state index in [0.717, 1.165) is 56.7 Å². The quantitative estimate of drug-likeness (QED) is 0.711. The average Bonchev–Trinajstić information content (AvgIpc) is 2.76. The molecule has 2 aromatic carbocycles. The molecule has 4 rings (SSSR count). The molecular formula is C25H30FN3O2. The summed E-state index contributed by atoms with van der Waals surface area (Å²) in [7, 11) is 0. The zero-order chi connectivity index (χ0) is 22.0. The van der Waals surface area contributed by atoms with Gasteiger partial charge in [0.25, 0.3) is 5.91 Å². The number of likely N-dealkylation sites (tertiary alicyclic amines) is 1. The number of nitrogens with one attached hydrogen (secondary N) is 1. The second-order valence-corrected chi connectivity index (χ2v) is 9.02. The lowest BCUT2D eigenvalue weighted by Gasteiger charge is -2.45. The van der Waals surface area contributed by atoms with Gasteiger partial charge in [0.05, 0.1) is 11.3 Å². The lowest BCUT2D eigenvalue weighted by atomic mass is 9.89. The van der Waals surface area contributed by atoms with Crippen molar-refractivity contribution in [2.75, 3.05) is 31.1 Å². The number of halogens is 1. The minimum Gasteiger partial charge on any atom is -0.348 e. The van der Waals surface area contributed by atoms with E-state index in [1.54, 1.807) is 12.1 Å². The zero-order valence-electron chi connectivity index (χ0n) is 18.2. The summed E-state index contributed by atoms with van der Waals surface area (Å²) in [6, 6.07) is 13.6. The third kappa shape index (κ3) is 4.64. The predicted octanol–water partition coefficient (Wildman–Crippen LogP) is 4.10. The van der Waals surface area contributed by atoms with Crippen LogP contribution in [0.25, 0.3) is 0 Å². The molecule has 164 valence electrons. The number of nitrogens with zero attached hydrogens (tertiary/aromatic N) is 2. The van der Waals surface area contributed by atoms with E-state index in [2.05, 4.69) is 15.1 Å². The fourth-order valence-corrected chi connectivity index (χ4v) is 4.74. The maximum Gasteiger partial charge on any atom is 0.255 e. The molecule has 5 nitrogen and oxygen atoms in total. The number of carbonyl (C=O) groups excluding carboxylic acids is 2. The van der Waals surface area contributed by atoms with Gasteiger partial charge in [-0.25, -0.2) is 4.39 Å². The maximum absolute atomic E-state index is 13.1. The van der Waals surface area contributed by atoms with Gasteiger partial charge in [0.15, 0.2) is 5.78 Å². The molecule has 0 aromatic heterocycles. The third-order valence-corrected chi connectivity index (χ3v) is 6.48. The highest BCUT2D eigenvalue weighted by Crippen LogP contribution is 2.31. The normalized spacial score (nSPS) is 19.1. The van der Waals surface area contributed by atoms with E-state index in [-0.39, 0.29) is 23.4 Å². The van der Waals surface area contributed by atoms with Crippen LogP contribution in [0.1, 0.15) is 53.8 Å². The van der Waals surface area contributed by atoms with E-state index < -0.39 is 5.66 Å². The SMILES string of the molecule is CC1(C)NC(=O)c2ccccc2N1CCCN1CCC(C(=O)c2ccc(F)cc2)CC1. The first-order chi connectivity index (χ1) is 14.8. The van der Waals surface area contributed by atoms with E-state index in [4.69, 9.17) is 0 Å². The highest BCUT2D eigenvalue weighted by Gasteiger charge is 2.36. The van der Waals surface area contributed by atoms with Gasteiger partial charge < -0.3 is 15.1 Å². The smallest absolute Gasteiger partial charge is 0.255 e. The Hall–Kier alpha value is -2.73. The molecule has 0 bridgehead atoms. The monoisotopic (exact) mass is 423 g/mol. The number of amides is 1. The lowest BCUT2D eigenvalue weighted by molar-refractivity contribution is 0.0835. The molecule has 0 atom stereocenters. The summed E-state index contributed by atoms with van der Waals surface area (Å²) in [5.74, 6) is -0.193. The van der Waals surface area contributed by atoms with Crippen LogP contribution < -0.4 is 10.2 Å². The molecule has 0 radical (unpaired) electrons. The van der Waals surface area contributed by atoms with Crippen molar-refractivity contribution in [1.29, 1.82) is 0 Å². The highest BCUT2D eigenvalue weighted by molar-refractivity contribution is 6.02. The molecule has 1 amide bonds. The van der Waals surface area contributed by atoms with E-state index >= 15 is 0 Å². The molecule has 0 spiro atoms. The first-order valence-electron chi connectivity index (χ1n) is 11.1. The Morgan fingerprint density at radius 1 is 1.06 bits per heavy atom. The van der Waals surface area contributed by atoms with Crippen molar-refractivity contribution >= 4 is 17.4 Å². The van der Waals surface area contributed by atoms with Crippen LogP contribution in [0.2, 0.25) is 0 Å². The van der Waals surface area contributed by atoms with Crippen molar-refractivity contribution in [1.82, 2.24) is 10.2 Å². The van der Waals surface area contributed by atoms with Gasteiger partial charge in [-0.1, -0.05) is 12.1 Å². The molecule has 1 N–H and O–H groups in total. The summed E-state index contributed by atoms with van der Waals surface area (Å²) >= 11 is 0. The number of hydrogen-bond acceptors (Lipinski definition) is 4. The number of hydrogen-bond donors (Lipinski definition) is 1. The van der Waals surface area contributed by atoms with Gasteiger partial charge in [-0.15, -0.1) is 0 Å². The summed E-state index contributed by atoms with van der Waals surface area (Å²) in [5.41, 5.74) is 1.88. The van der Waals surface area contributed by atoms with E-state index in [1.165, 1.54) is 12.1 Å². The lowest BCUT2D eigenvalue weighted by Crippen LogP contribution is -2.61. The molecule has 1 fully saturated rings. The van der Waals surface area contributed by atoms with Gasteiger partial charge in [0, 0.05) is 18.0 Å². The van der Waals surface area contributed by atoms with Crippen LogP contribution in [0.3, 0.4) is 0 Å². The molecule has 31 heavy (non-hydrogen) atoms. The molecular weight excluding hydrogens is 393 g/mol. The standard InChI is InChI=1S/C25H30FN3O2/c1-25(2)27-24(31)21-6-3-4-7-22(21)29(25)15-5-14-28-16-12-19(13-17-28)23(30)18-8-10-20(26)11-9-18/h3-4,6-11,19H,5,12-17H2,1-2H3,(H,27,31). The van der Waals surface area contributed by atoms with Crippen molar-refractivity contribution in [3.8, 4) is 0 Å². The largest absolute Gasteiger partial charge is 0.348 e. The van der Waals surface area contributed by atoms with Crippen LogP contribution in [0.15, 0.2) is 48.5 Å². The summed E-state index contributed by atoms with van der Waals surface area (Å²) in [5, 5.41) is 3.10. The first-order valence-corrected chi connectivity index (χ1v) is 11.1. The Balaban J connectivity index is 1.29. The molecule has 6 heteroatoms. The van der Waals surface area contributed by atoms with E-state index in [9.17, 15) is 14.0 Å². The molecule has 2 aromatic rings. The van der Waals surface area contributed by atoms with Crippen molar-refractivity contribution in [2.24, 2.45) is 5.92 Å². The average molecular weight is 424 g/mol. The van der Waals surface area contributed by atoms with Gasteiger partial charge in [-0.3, -0.25) is 9.59 Å². The van der Waals surface area contributed by atoms with Gasteiger partial charge in [0.2, 0.25) is 0 Å². The summed E-state index contributed by atoms with van der Waals surface area (Å²) in [6.07, 6.45) is 2.65. The minimum atomic E-state index is -0.431. The van der Waals surface area contributed by atoms with Crippen LogP contribution in [0.5, 0.6) is 0 Å². The highest BCUT2D eigenvalue weighted by atomic mass is 19.1. The van der Waals surface area contributed by atoms with Crippen molar-refractivity contribution in [3.05, 3.63) is 65.5 Å². The van der Waals surface area contributed by atoms with Gasteiger partial charge in [-0.2, -0.15) is 0 Å². The van der Waals surface area contributed by atoms with E-state index in [1.807, 2.05) is 38.1 Å². The number of rotatable bonds is 6. The summed E-state index contributed by atoms with van der Waals surface area (Å²) in [6.45, 7) is 7.67. The van der Waals surface area contributed by atoms with Gasteiger partial charge >= 0.3 is 0 Å². The topological polar surface area (TPSA) is 52.7 Å². The Kier molecular flexibility index (Phi) is 6.10. The number of piperidine rings is 1. The number of benzene rings is 2. The zero-order valence-corrected chi connectivity index (χ0v) is 18.2. The fourth-order valence-electron chi connectivity index (χ4n) is 4.74. The molecule has 1 saturated heterocycles. The number of para-hydroxylation sites is 1. The Bertz CT molecular complexity index is 949. The van der Waals surface area contributed by atoms with Crippen LogP contribution >= 0.6 is 0 Å². The van der Waals surface area contributed by atoms with Crippen molar-refractivity contribution in [2.45, 2.75) is 38.8 Å². The Morgan fingerprint density at radius 2 is 1.74 bits per heavy atom. The molecule has 0 saturated carbocycles. The Labute approximate surface area is 183 Å². The summed E-state index contributed by atoms with van der Waals surface area (Å²) in [4.78, 5) is 29.7.